The Labute approximate surface area is 169 Å². The van der Waals surface area contributed by atoms with Gasteiger partial charge >= 0.3 is 0 Å². The molecule has 0 atom stereocenters. The first-order valence-corrected chi connectivity index (χ1v) is 9.61. The third-order valence-corrected chi connectivity index (χ3v) is 5.01. The lowest BCUT2D eigenvalue weighted by molar-refractivity contribution is 0.0945. The van der Waals surface area contributed by atoms with Gasteiger partial charge in [0.1, 0.15) is 5.69 Å². The number of hydrogen-bond donors (Lipinski definition) is 1. The lowest BCUT2D eigenvalue weighted by Crippen LogP contribution is -2.23. The van der Waals surface area contributed by atoms with E-state index >= 15 is 0 Å². The number of carbonyl (C=O) groups excluding carboxylic acids is 1. The van der Waals surface area contributed by atoms with Crippen molar-refractivity contribution < 1.29 is 4.79 Å². The van der Waals surface area contributed by atoms with Gasteiger partial charge in [0.2, 0.25) is 0 Å². The smallest absolute Gasteiger partial charge is 0.272 e. The maximum Gasteiger partial charge on any atom is 0.272 e. The third kappa shape index (κ3) is 3.31. The van der Waals surface area contributed by atoms with Crippen LogP contribution in [0.4, 0.5) is 0 Å². The van der Waals surface area contributed by atoms with Crippen molar-refractivity contribution in [2.75, 3.05) is 0 Å². The minimum atomic E-state index is -0.266. The molecule has 9 nitrogen and oxygen atoms in total. The molecular weight excluding hydrogens is 424 g/mol. The van der Waals surface area contributed by atoms with Crippen LogP contribution in [-0.4, -0.2) is 40.1 Å². The van der Waals surface area contributed by atoms with Crippen molar-refractivity contribution in [3.8, 4) is 11.4 Å². The van der Waals surface area contributed by atoms with Crippen molar-refractivity contribution in [3.05, 3.63) is 52.1 Å². The van der Waals surface area contributed by atoms with Gasteiger partial charge in [-0.25, -0.2) is 9.50 Å². The zero-order valence-corrected chi connectivity index (χ0v) is 17.3. The van der Waals surface area contributed by atoms with E-state index in [2.05, 4.69) is 41.5 Å². The molecule has 10 heteroatoms. The molecule has 0 aliphatic rings. The Morgan fingerprint density at radius 2 is 2.07 bits per heavy atom. The van der Waals surface area contributed by atoms with E-state index in [1.807, 2.05) is 44.0 Å². The fourth-order valence-corrected chi connectivity index (χ4v) is 3.53. The molecule has 28 heavy (non-hydrogen) atoms. The first-order valence-electron chi connectivity index (χ1n) is 8.81. The van der Waals surface area contributed by atoms with Crippen LogP contribution in [0.2, 0.25) is 0 Å². The normalized spacial score (nSPS) is 11.3. The van der Waals surface area contributed by atoms with Crippen LogP contribution in [0.3, 0.4) is 0 Å². The first kappa shape index (κ1) is 18.4. The number of nitrogens with zero attached hydrogens (tertiary/aromatic N) is 7. The average molecular weight is 443 g/mol. The largest absolute Gasteiger partial charge is 0.346 e. The zero-order chi connectivity index (χ0) is 19.8. The number of aryl methyl sites for hydroxylation is 3. The predicted octanol–water partition coefficient (Wildman–Crippen LogP) is 2.35. The molecule has 0 aliphatic heterocycles. The van der Waals surface area contributed by atoms with Crippen molar-refractivity contribution in [2.45, 2.75) is 26.9 Å². The second kappa shape index (κ2) is 7.19. The van der Waals surface area contributed by atoms with Gasteiger partial charge in [-0.15, -0.1) is 0 Å². The third-order valence-electron chi connectivity index (χ3n) is 4.43. The fourth-order valence-electron chi connectivity index (χ4n) is 3.01. The molecular formula is C18H19BrN8O. The molecule has 0 unspecified atom stereocenters. The summed E-state index contributed by atoms with van der Waals surface area (Å²) in [6.45, 7) is 5.08. The molecule has 0 aliphatic carbocycles. The minimum Gasteiger partial charge on any atom is -0.346 e. The summed E-state index contributed by atoms with van der Waals surface area (Å²) in [5.41, 5.74) is 4.23. The maximum absolute atomic E-state index is 12.6. The summed E-state index contributed by atoms with van der Waals surface area (Å²) < 4.78 is 6.05. The average Bonchev–Trinajstić information content (AvgIpc) is 3.35. The highest BCUT2D eigenvalue weighted by Crippen LogP contribution is 2.26. The van der Waals surface area contributed by atoms with E-state index < -0.39 is 0 Å². The van der Waals surface area contributed by atoms with Gasteiger partial charge in [-0.05, 0) is 35.8 Å². The van der Waals surface area contributed by atoms with Crippen LogP contribution < -0.4 is 5.32 Å². The second-order valence-electron chi connectivity index (χ2n) is 6.41. The summed E-state index contributed by atoms with van der Waals surface area (Å²) in [6.07, 6.45) is 5.49. The van der Waals surface area contributed by atoms with E-state index in [4.69, 9.17) is 0 Å². The van der Waals surface area contributed by atoms with Gasteiger partial charge in [-0.3, -0.25) is 14.2 Å². The van der Waals surface area contributed by atoms with Crippen molar-refractivity contribution in [1.82, 2.24) is 39.5 Å². The predicted molar refractivity (Wildman–Crippen MR) is 107 cm³/mol. The number of hydrogen-bond acceptors (Lipinski definition) is 5. The topological polar surface area (TPSA) is 94.9 Å². The molecule has 0 saturated carbocycles. The molecule has 0 aromatic carbocycles. The molecule has 4 aromatic rings. The van der Waals surface area contributed by atoms with Crippen LogP contribution in [0.1, 0.15) is 28.7 Å². The summed E-state index contributed by atoms with van der Waals surface area (Å²) in [6, 6.07) is 3.49. The highest BCUT2D eigenvalue weighted by molar-refractivity contribution is 9.10. The van der Waals surface area contributed by atoms with Crippen molar-refractivity contribution in [1.29, 1.82) is 0 Å². The molecule has 1 N–H and O–H groups in total. The highest BCUT2D eigenvalue weighted by atomic mass is 79.9. The van der Waals surface area contributed by atoms with Crippen LogP contribution in [0, 0.1) is 6.92 Å². The number of nitrogens with one attached hydrogen (secondary N) is 1. The Kier molecular flexibility index (Phi) is 4.71. The fraction of sp³-hybridized carbons (Fsp3) is 0.278. The minimum absolute atomic E-state index is 0.266. The molecule has 4 heterocycles. The Hall–Kier alpha value is -3.01. The van der Waals surface area contributed by atoms with Crippen LogP contribution in [0.25, 0.3) is 17.0 Å². The number of rotatable bonds is 5. The molecule has 4 rings (SSSR count). The summed E-state index contributed by atoms with van der Waals surface area (Å²) in [5, 5.41) is 16.2. The Balaban J connectivity index is 1.63. The van der Waals surface area contributed by atoms with E-state index in [1.165, 1.54) is 0 Å². The molecule has 4 aromatic heterocycles. The van der Waals surface area contributed by atoms with Crippen LogP contribution in [0.5, 0.6) is 0 Å². The summed E-state index contributed by atoms with van der Waals surface area (Å²) in [5.74, 6) is -0.266. The number of aromatic nitrogens is 7. The quantitative estimate of drug-likeness (QED) is 0.511. The molecule has 0 fully saturated rings. The highest BCUT2D eigenvalue weighted by Gasteiger charge is 2.17. The lowest BCUT2D eigenvalue weighted by atomic mass is 10.2. The van der Waals surface area contributed by atoms with Crippen LogP contribution in [0.15, 0.2) is 35.2 Å². The molecule has 0 radical (unpaired) electrons. The van der Waals surface area contributed by atoms with Crippen molar-refractivity contribution >= 4 is 27.5 Å². The number of halogens is 1. The Bertz CT molecular complexity index is 1170. The lowest BCUT2D eigenvalue weighted by Gasteiger charge is -2.02. The van der Waals surface area contributed by atoms with Gasteiger partial charge in [0.15, 0.2) is 11.3 Å². The maximum atomic E-state index is 12.6. The van der Waals surface area contributed by atoms with Gasteiger partial charge in [0.05, 0.1) is 15.9 Å². The van der Waals surface area contributed by atoms with Crippen LogP contribution in [-0.2, 0) is 20.1 Å². The number of amides is 1. The summed E-state index contributed by atoms with van der Waals surface area (Å²) in [4.78, 5) is 16.9. The van der Waals surface area contributed by atoms with E-state index in [9.17, 15) is 4.79 Å². The number of carbonyl (C=O) groups is 1. The zero-order valence-electron chi connectivity index (χ0n) is 15.7. The second-order valence-corrected chi connectivity index (χ2v) is 7.26. The molecule has 0 bridgehead atoms. The molecule has 144 valence electrons. The molecule has 1 amide bonds. The van der Waals surface area contributed by atoms with E-state index in [0.29, 0.717) is 17.9 Å². The summed E-state index contributed by atoms with van der Waals surface area (Å²) in [7, 11) is 1.85. The van der Waals surface area contributed by atoms with Gasteiger partial charge in [-0.1, -0.05) is 0 Å². The monoisotopic (exact) mass is 442 g/mol. The molecule has 0 spiro atoms. The first-order chi connectivity index (χ1) is 13.5. The van der Waals surface area contributed by atoms with E-state index in [-0.39, 0.29) is 5.91 Å². The van der Waals surface area contributed by atoms with Gasteiger partial charge in [0.25, 0.3) is 5.91 Å². The van der Waals surface area contributed by atoms with Crippen molar-refractivity contribution in [3.63, 3.8) is 0 Å². The standard InChI is InChI=1S/C18H19BrN8O/c1-4-26-10-13(19)17(24-26)15-5-6-20-16-7-14(23-27(15)16)18(28)21-8-12-9-25(3)22-11(12)2/h5-7,9-10H,4,8H2,1-3H3,(H,21,28). The van der Waals surface area contributed by atoms with Gasteiger partial charge < -0.3 is 5.32 Å². The van der Waals surface area contributed by atoms with E-state index in [0.717, 1.165) is 33.7 Å². The SMILES string of the molecule is CCn1cc(Br)c(-c2ccnc3cc(C(=O)NCc4cn(C)nc4C)nn23)n1. The van der Waals surface area contributed by atoms with E-state index in [1.54, 1.807) is 21.5 Å². The number of fused-ring (bicyclic) bond motifs is 1. The Morgan fingerprint density at radius 1 is 1.25 bits per heavy atom. The van der Waals surface area contributed by atoms with Gasteiger partial charge in [0, 0.05) is 50.4 Å². The summed E-state index contributed by atoms with van der Waals surface area (Å²) >= 11 is 3.54. The van der Waals surface area contributed by atoms with Crippen LogP contribution >= 0.6 is 15.9 Å². The molecule has 0 saturated heterocycles. The van der Waals surface area contributed by atoms with Gasteiger partial charge in [-0.2, -0.15) is 15.3 Å². The van der Waals surface area contributed by atoms with Crippen molar-refractivity contribution in [2.24, 2.45) is 7.05 Å². The Morgan fingerprint density at radius 3 is 2.75 bits per heavy atom.